The van der Waals surface area contributed by atoms with E-state index in [0.717, 1.165) is 48.8 Å². The Balaban J connectivity index is 1.56. The standard InChI is InChI=1S/C17H24FN5OS/c1-3-22-12-19-23(17(22)25)13-21-8-6-20(7-9-21)11-14-10-15(18)4-5-16(14)24-2/h4-5,10,12H,3,6-9,11,13H2,1-2H3. The molecule has 0 aliphatic carbocycles. The van der Waals surface area contributed by atoms with Crippen molar-refractivity contribution in [2.45, 2.75) is 26.7 Å². The summed E-state index contributed by atoms with van der Waals surface area (Å²) in [6.07, 6.45) is 1.79. The molecule has 3 rings (SSSR count). The third-order valence-electron chi connectivity index (χ3n) is 4.57. The van der Waals surface area contributed by atoms with Crippen LogP contribution >= 0.6 is 12.2 Å². The summed E-state index contributed by atoms with van der Waals surface area (Å²) in [5.74, 6) is 0.510. The van der Waals surface area contributed by atoms with Gasteiger partial charge in [0.05, 0.1) is 13.8 Å². The van der Waals surface area contributed by atoms with Crippen LogP contribution in [0.1, 0.15) is 12.5 Å². The fourth-order valence-electron chi connectivity index (χ4n) is 3.08. The fourth-order valence-corrected chi connectivity index (χ4v) is 3.36. The number of ether oxygens (including phenoxy) is 1. The van der Waals surface area contributed by atoms with Crippen molar-refractivity contribution in [1.82, 2.24) is 24.1 Å². The van der Waals surface area contributed by atoms with Crippen LogP contribution in [0.15, 0.2) is 24.5 Å². The maximum atomic E-state index is 13.5. The Labute approximate surface area is 152 Å². The second kappa shape index (κ2) is 8.07. The Morgan fingerprint density at radius 3 is 2.56 bits per heavy atom. The van der Waals surface area contributed by atoms with E-state index >= 15 is 0 Å². The number of benzene rings is 1. The summed E-state index contributed by atoms with van der Waals surface area (Å²) in [4.78, 5) is 4.65. The van der Waals surface area contributed by atoms with Crippen LogP contribution in [0.2, 0.25) is 0 Å². The summed E-state index contributed by atoms with van der Waals surface area (Å²) in [7, 11) is 1.62. The average Bonchev–Trinajstić information content (AvgIpc) is 2.97. The average molecular weight is 365 g/mol. The molecule has 2 aromatic rings. The first kappa shape index (κ1) is 18.0. The van der Waals surface area contributed by atoms with Gasteiger partial charge in [0.2, 0.25) is 0 Å². The van der Waals surface area contributed by atoms with E-state index in [9.17, 15) is 4.39 Å². The van der Waals surface area contributed by atoms with Crippen LogP contribution < -0.4 is 4.74 Å². The molecule has 1 aliphatic rings. The molecular weight excluding hydrogens is 341 g/mol. The molecule has 6 nitrogen and oxygen atoms in total. The number of rotatable bonds is 6. The summed E-state index contributed by atoms with van der Waals surface area (Å²) in [6, 6.07) is 4.67. The molecule has 136 valence electrons. The van der Waals surface area contributed by atoms with Crippen molar-refractivity contribution < 1.29 is 9.13 Å². The molecular formula is C17H24FN5OS. The lowest BCUT2D eigenvalue weighted by atomic mass is 10.1. The number of hydrogen-bond donors (Lipinski definition) is 0. The second-order valence-corrected chi connectivity index (χ2v) is 6.56. The Morgan fingerprint density at radius 2 is 1.92 bits per heavy atom. The number of methoxy groups -OCH3 is 1. The van der Waals surface area contributed by atoms with Gasteiger partial charge in [0, 0.05) is 44.8 Å². The monoisotopic (exact) mass is 365 g/mol. The van der Waals surface area contributed by atoms with Crippen LogP contribution in [0, 0.1) is 10.6 Å². The highest BCUT2D eigenvalue weighted by molar-refractivity contribution is 7.71. The van der Waals surface area contributed by atoms with E-state index in [1.54, 1.807) is 25.6 Å². The first-order valence-electron chi connectivity index (χ1n) is 8.50. The molecule has 1 aromatic carbocycles. The van der Waals surface area contributed by atoms with Gasteiger partial charge in [-0.25, -0.2) is 9.07 Å². The van der Waals surface area contributed by atoms with Crippen LogP contribution in [0.4, 0.5) is 4.39 Å². The Morgan fingerprint density at radius 1 is 1.20 bits per heavy atom. The minimum absolute atomic E-state index is 0.227. The fraction of sp³-hybridized carbons (Fsp3) is 0.529. The predicted molar refractivity (Wildman–Crippen MR) is 96.5 cm³/mol. The molecule has 0 N–H and O–H groups in total. The number of halogens is 1. The minimum atomic E-state index is -0.227. The smallest absolute Gasteiger partial charge is 0.198 e. The van der Waals surface area contributed by atoms with Gasteiger partial charge in [-0.05, 0) is 37.3 Å². The number of hydrogen-bond acceptors (Lipinski definition) is 5. The van der Waals surface area contributed by atoms with E-state index in [-0.39, 0.29) is 5.82 Å². The number of nitrogens with zero attached hydrogens (tertiary/aromatic N) is 5. The first-order valence-corrected chi connectivity index (χ1v) is 8.91. The quantitative estimate of drug-likeness (QED) is 0.735. The van der Waals surface area contributed by atoms with Gasteiger partial charge in [-0.15, -0.1) is 0 Å². The van der Waals surface area contributed by atoms with Crippen molar-refractivity contribution in [2.24, 2.45) is 0 Å². The molecule has 1 aromatic heterocycles. The maximum absolute atomic E-state index is 13.5. The maximum Gasteiger partial charge on any atom is 0.198 e. The second-order valence-electron chi connectivity index (χ2n) is 6.19. The van der Waals surface area contributed by atoms with Crippen molar-refractivity contribution in [2.75, 3.05) is 33.3 Å². The van der Waals surface area contributed by atoms with Crippen LogP contribution in [0.5, 0.6) is 5.75 Å². The van der Waals surface area contributed by atoms with E-state index in [4.69, 9.17) is 17.0 Å². The topological polar surface area (TPSA) is 38.5 Å². The van der Waals surface area contributed by atoms with Crippen LogP contribution in [-0.2, 0) is 19.8 Å². The van der Waals surface area contributed by atoms with Gasteiger partial charge >= 0.3 is 0 Å². The summed E-state index contributed by atoms with van der Waals surface area (Å²) in [5, 5.41) is 4.36. The van der Waals surface area contributed by atoms with Gasteiger partial charge in [0.15, 0.2) is 4.77 Å². The third kappa shape index (κ3) is 4.26. The van der Waals surface area contributed by atoms with Gasteiger partial charge < -0.3 is 9.30 Å². The van der Waals surface area contributed by atoms with Crippen molar-refractivity contribution in [3.05, 3.63) is 40.7 Å². The van der Waals surface area contributed by atoms with E-state index in [1.165, 1.54) is 6.07 Å². The lowest BCUT2D eigenvalue weighted by molar-refractivity contribution is 0.0974. The normalized spacial score (nSPS) is 16.3. The van der Waals surface area contributed by atoms with Crippen molar-refractivity contribution >= 4 is 12.2 Å². The molecule has 8 heteroatoms. The molecule has 1 saturated heterocycles. The number of aryl methyl sites for hydroxylation is 1. The van der Waals surface area contributed by atoms with E-state index in [0.29, 0.717) is 13.2 Å². The molecule has 1 aliphatic heterocycles. The lowest BCUT2D eigenvalue weighted by Gasteiger charge is -2.34. The molecule has 0 spiro atoms. The lowest BCUT2D eigenvalue weighted by Crippen LogP contribution is -2.46. The summed E-state index contributed by atoms with van der Waals surface area (Å²) in [6.45, 7) is 7.99. The number of piperazine rings is 1. The highest BCUT2D eigenvalue weighted by Crippen LogP contribution is 2.21. The summed E-state index contributed by atoms with van der Waals surface area (Å²) >= 11 is 5.42. The summed E-state index contributed by atoms with van der Waals surface area (Å²) < 4.78 is 23.4. The molecule has 0 saturated carbocycles. The van der Waals surface area contributed by atoms with Gasteiger partial charge in [-0.1, -0.05) is 0 Å². The van der Waals surface area contributed by atoms with Crippen molar-refractivity contribution in [3.63, 3.8) is 0 Å². The van der Waals surface area contributed by atoms with Gasteiger partial charge in [-0.2, -0.15) is 5.10 Å². The molecule has 0 radical (unpaired) electrons. The van der Waals surface area contributed by atoms with E-state index < -0.39 is 0 Å². The molecule has 25 heavy (non-hydrogen) atoms. The summed E-state index contributed by atoms with van der Waals surface area (Å²) in [5.41, 5.74) is 0.889. The highest BCUT2D eigenvalue weighted by atomic mass is 32.1. The zero-order valence-corrected chi connectivity index (χ0v) is 15.5. The zero-order chi connectivity index (χ0) is 17.8. The molecule has 0 atom stereocenters. The van der Waals surface area contributed by atoms with Gasteiger partial charge in [-0.3, -0.25) is 9.80 Å². The van der Waals surface area contributed by atoms with Crippen LogP contribution in [0.25, 0.3) is 0 Å². The molecule has 0 amide bonds. The Hall–Kier alpha value is -1.77. The van der Waals surface area contributed by atoms with Gasteiger partial charge in [0.1, 0.15) is 17.9 Å². The first-order chi connectivity index (χ1) is 12.1. The SMILES string of the molecule is CCn1cnn(CN2CCN(Cc3cc(F)ccc3OC)CC2)c1=S. The number of aromatic nitrogens is 3. The predicted octanol–water partition coefficient (Wildman–Crippen LogP) is 2.36. The third-order valence-corrected chi connectivity index (χ3v) is 5.02. The zero-order valence-electron chi connectivity index (χ0n) is 14.7. The molecule has 0 bridgehead atoms. The van der Waals surface area contributed by atoms with Gasteiger partial charge in [0.25, 0.3) is 0 Å². The molecule has 0 unspecified atom stereocenters. The van der Waals surface area contributed by atoms with E-state index in [1.807, 2.05) is 9.25 Å². The largest absolute Gasteiger partial charge is 0.496 e. The Bertz CT molecular complexity index is 767. The van der Waals surface area contributed by atoms with Crippen molar-refractivity contribution in [3.8, 4) is 5.75 Å². The highest BCUT2D eigenvalue weighted by Gasteiger charge is 2.19. The molecule has 2 heterocycles. The Kier molecular flexibility index (Phi) is 5.82. The van der Waals surface area contributed by atoms with Crippen LogP contribution in [-0.4, -0.2) is 57.4 Å². The minimum Gasteiger partial charge on any atom is -0.496 e. The van der Waals surface area contributed by atoms with E-state index in [2.05, 4.69) is 21.8 Å². The van der Waals surface area contributed by atoms with Crippen LogP contribution in [0.3, 0.4) is 0 Å². The molecule has 1 fully saturated rings. The van der Waals surface area contributed by atoms with Crippen molar-refractivity contribution in [1.29, 1.82) is 0 Å².